The van der Waals surface area contributed by atoms with Crippen LogP contribution in [0.3, 0.4) is 0 Å². The minimum Gasteiger partial charge on any atom is -0.362 e. The normalized spacial score (nSPS) is 19.1. The molecular weight excluding hydrogens is 417 g/mol. The van der Waals surface area contributed by atoms with Gasteiger partial charge in [0.2, 0.25) is 5.95 Å². The Balaban J connectivity index is 1.42. The molecule has 0 unspecified atom stereocenters. The number of rotatable bonds is 6. The molecule has 0 aliphatic heterocycles. The number of fused-ring (bicyclic) bond motifs is 1. The second-order valence-electron chi connectivity index (χ2n) is 8.12. The lowest BCUT2D eigenvalue weighted by Gasteiger charge is -2.31. The Morgan fingerprint density at radius 3 is 2.60 bits per heavy atom. The van der Waals surface area contributed by atoms with Crippen LogP contribution in [0.4, 0.5) is 11.8 Å². The zero-order valence-corrected chi connectivity index (χ0v) is 18.8. The fourth-order valence-electron chi connectivity index (χ4n) is 4.07. The topological polar surface area (TPSA) is 53.1 Å². The van der Waals surface area contributed by atoms with E-state index >= 15 is 0 Å². The fourth-order valence-corrected chi connectivity index (χ4v) is 4.39. The molecule has 7 heteroatoms. The Labute approximate surface area is 187 Å². The van der Waals surface area contributed by atoms with Gasteiger partial charge in [-0.1, -0.05) is 41.4 Å². The van der Waals surface area contributed by atoms with Crippen LogP contribution in [-0.2, 0) is 6.54 Å². The van der Waals surface area contributed by atoms with E-state index in [-0.39, 0.29) is 0 Å². The highest BCUT2D eigenvalue weighted by Gasteiger charge is 2.23. The zero-order chi connectivity index (χ0) is 21.1. The van der Waals surface area contributed by atoms with E-state index in [1.807, 2.05) is 55.4 Å². The van der Waals surface area contributed by atoms with Crippen LogP contribution in [0.2, 0.25) is 10.0 Å². The first-order valence-electron chi connectivity index (χ1n) is 10.4. The lowest BCUT2D eigenvalue weighted by Crippen LogP contribution is -2.38. The van der Waals surface area contributed by atoms with Crippen molar-refractivity contribution in [1.82, 2.24) is 15.3 Å². The standard InChI is InChI=1S/C23H27Cl2N5/c1-30(2)22-18-8-3-4-9-21(18)28-23(29-22)27-17-7-5-6-16(13-17)26-14-15-10-11-19(24)20(25)12-15/h3-4,8-12,16-17,26H,5-7,13-14H2,1-2H3,(H,27,28,29)/t16-,17-/m0/s1. The highest BCUT2D eigenvalue weighted by molar-refractivity contribution is 6.42. The Bertz CT molecular complexity index is 1020. The van der Waals surface area contributed by atoms with Gasteiger partial charge in [0.15, 0.2) is 0 Å². The molecule has 0 spiro atoms. The molecule has 2 N–H and O–H groups in total. The third kappa shape index (κ3) is 4.97. The molecule has 1 aliphatic rings. The van der Waals surface area contributed by atoms with E-state index in [0.717, 1.165) is 41.7 Å². The maximum atomic E-state index is 6.14. The van der Waals surface area contributed by atoms with E-state index in [0.29, 0.717) is 28.1 Å². The average Bonchev–Trinajstić information content (AvgIpc) is 2.74. The van der Waals surface area contributed by atoms with Crippen molar-refractivity contribution < 1.29 is 0 Å². The number of aromatic nitrogens is 2. The third-order valence-electron chi connectivity index (χ3n) is 5.59. The van der Waals surface area contributed by atoms with Crippen molar-refractivity contribution in [3.05, 3.63) is 58.1 Å². The number of anilines is 2. The van der Waals surface area contributed by atoms with Crippen LogP contribution in [0.1, 0.15) is 31.2 Å². The maximum Gasteiger partial charge on any atom is 0.225 e. The largest absolute Gasteiger partial charge is 0.362 e. The second kappa shape index (κ2) is 9.38. The first-order chi connectivity index (χ1) is 14.5. The molecule has 4 rings (SSSR count). The molecule has 2 aromatic carbocycles. The number of para-hydroxylation sites is 1. The second-order valence-corrected chi connectivity index (χ2v) is 8.93. The molecule has 1 aromatic heterocycles. The van der Waals surface area contributed by atoms with Gasteiger partial charge in [-0.2, -0.15) is 4.98 Å². The number of benzene rings is 2. The predicted octanol–water partition coefficient (Wildman–Crippen LogP) is 5.52. The molecular formula is C23H27Cl2N5. The Morgan fingerprint density at radius 2 is 1.80 bits per heavy atom. The lowest BCUT2D eigenvalue weighted by atomic mass is 9.91. The van der Waals surface area contributed by atoms with Crippen molar-refractivity contribution in [2.45, 2.75) is 44.3 Å². The minimum absolute atomic E-state index is 0.348. The van der Waals surface area contributed by atoms with Crippen molar-refractivity contribution in [1.29, 1.82) is 0 Å². The summed E-state index contributed by atoms with van der Waals surface area (Å²) in [6.07, 6.45) is 4.50. The lowest BCUT2D eigenvalue weighted by molar-refractivity contribution is 0.350. The summed E-state index contributed by atoms with van der Waals surface area (Å²) in [5.74, 6) is 1.64. The fraction of sp³-hybridized carbons (Fsp3) is 0.391. The number of hydrogen-bond donors (Lipinski definition) is 2. The summed E-state index contributed by atoms with van der Waals surface area (Å²) in [5, 5.41) is 9.52. The van der Waals surface area contributed by atoms with Gasteiger partial charge in [-0.05, 0) is 55.5 Å². The van der Waals surface area contributed by atoms with Crippen molar-refractivity contribution in [2.75, 3.05) is 24.3 Å². The monoisotopic (exact) mass is 443 g/mol. The summed E-state index contributed by atoms with van der Waals surface area (Å²) in [7, 11) is 4.03. The van der Waals surface area contributed by atoms with Crippen molar-refractivity contribution >= 4 is 45.9 Å². The SMILES string of the molecule is CN(C)c1nc(N[C@H]2CCC[C@H](NCc3ccc(Cl)c(Cl)c3)C2)nc2ccccc12. The Kier molecular flexibility index (Phi) is 6.61. The van der Waals surface area contributed by atoms with E-state index in [1.165, 1.54) is 12.8 Å². The summed E-state index contributed by atoms with van der Waals surface area (Å²) in [5.41, 5.74) is 2.11. The molecule has 158 valence electrons. The molecule has 3 aromatic rings. The highest BCUT2D eigenvalue weighted by Crippen LogP contribution is 2.27. The van der Waals surface area contributed by atoms with E-state index in [4.69, 9.17) is 33.2 Å². The van der Waals surface area contributed by atoms with Gasteiger partial charge in [-0.25, -0.2) is 4.98 Å². The Hall–Kier alpha value is -2.08. The van der Waals surface area contributed by atoms with Gasteiger partial charge in [-0.3, -0.25) is 0 Å². The summed E-state index contributed by atoms with van der Waals surface area (Å²) >= 11 is 12.2. The van der Waals surface area contributed by atoms with Crippen molar-refractivity contribution in [3.63, 3.8) is 0 Å². The molecule has 5 nitrogen and oxygen atoms in total. The molecule has 1 saturated carbocycles. The predicted molar refractivity (Wildman–Crippen MR) is 127 cm³/mol. The summed E-state index contributed by atoms with van der Waals surface area (Å²) in [6, 6.07) is 14.7. The average molecular weight is 444 g/mol. The summed E-state index contributed by atoms with van der Waals surface area (Å²) in [4.78, 5) is 11.6. The van der Waals surface area contributed by atoms with E-state index in [9.17, 15) is 0 Å². The van der Waals surface area contributed by atoms with Crippen LogP contribution < -0.4 is 15.5 Å². The van der Waals surface area contributed by atoms with Crippen molar-refractivity contribution in [3.8, 4) is 0 Å². The van der Waals surface area contributed by atoms with Crippen molar-refractivity contribution in [2.24, 2.45) is 0 Å². The quantitative estimate of drug-likeness (QED) is 0.525. The van der Waals surface area contributed by atoms with Crippen LogP contribution in [0.15, 0.2) is 42.5 Å². The zero-order valence-electron chi connectivity index (χ0n) is 17.3. The van der Waals surface area contributed by atoms with Gasteiger partial charge >= 0.3 is 0 Å². The van der Waals surface area contributed by atoms with Crippen LogP contribution in [0.25, 0.3) is 10.9 Å². The summed E-state index contributed by atoms with van der Waals surface area (Å²) in [6.45, 7) is 0.783. The van der Waals surface area contributed by atoms with E-state index in [1.54, 1.807) is 0 Å². The van der Waals surface area contributed by atoms with Gasteiger partial charge in [0, 0.05) is 38.1 Å². The number of halogens is 2. The summed E-state index contributed by atoms with van der Waals surface area (Å²) < 4.78 is 0. The molecule has 1 fully saturated rings. The van der Waals surface area contributed by atoms with Crippen LogP contribution in [0.5, 0.6) is 0 Å². The molecule has 0 amide bonds. The number of nitrogens with one attached hydrogen (secondary N) is 2. The molecule has 2 atom stereocenters. The maximum absolute atomic E-state index is 6.14. The van der Waals surface area contributed by atoms with Crippen LogP contribution in [-0.4, -0.2) is 36.1 Å². The smallest absolute Gasteiger partial charge is 0.225 e. The molecule has 0 saturated heterocycles. The highest BCUT2D eigenvalue weighted by atomic mass is 35.5. The Morgan fingerprint density at radius 1 is 1.00 bits per heavy atom. The molecule has 30 heavy (non-hydrogen) atoms. The molecule has 1 heterocycles. The van der Waals surface area contributed by atoms with Gasteiger partial charge < -0.3 is 15.5 Å². The van der Waals surface area contributed by atoms with E-state index in [2.05, 4.69) is 16.7 Å². The first kappa shape index (κ1) is 21.2. The number of hydrogen-bond acceptors (Lipinski definition) is 5. The minimum atomic E-state index is 0.348. The molecule has 0 bridgehead atoms. The molecule has 0 radical (unpaired) electrons. The number of nitrogens with zero attached hydrogens (tertiary/aromatic N) is 3. The third-order valence-corrected chi connectivity index (χ3v) is 6.33. The van der Waals surface area contributed by atoms with Crippen LogP contribution in [0, 0.1) is 0 Å². The van der Waals surface area contributed by atoms with E-state index < -0.39 is 0 Å². The van der Waals surface area contributed by atoms with Crippen LogP contribution >= 0.6 is 23.2 Å². The van der Waals surface area contributed by atoms with Gasteiger partial charge in [0.1, 0.15) is 5.82 Å². The molecule has 1 aliphatic carbocycles. The van der Waals surface area contributed by atoms with Gasteiger partial charge in [-0.15, -0.1) is 0 Å². The first-order valence-corrected chi connectivity index (χ1v) is 11.1. The van der Waals surface area contributed by atoms with Gasteiger partial charge in [0.05, 0.1) is 15.6 Å². The van der Waals surface area contributed by atoms with Gasteiger partial charge in [0.25, 0.3) is 0 Å².